The highest BCUT2D eigenvalue weighted by atomic mass is 32.2. The van der Waals surface area contributed by atoms with Crippen LogP contribution in [-0.4, -0.2) is 51.9 Å². The number of hydrogen-bond acceptors (Lipinski definition) is 8. The number of aromatic nitrogens is 2. The van der Waals surface area contributed by atoms with Crippen LogP contribution < -0.4 is 15.0 Å². The number of fused-ring (bicyclic) bond motifs is 1. The van der Waals surface area contributed by atoms with Crippen LogP contribution >= 0.6 is 23.5 Å². The molecule has 2 aliphatic heterocycles. The lowest BCUT2D eigenvalue weighted by Crippen LogP contribution is -2.29. The Bertz CT molecular complexity index is 1700. The van der Waals surface area contributed by atoms with Crippen molar-refractivity contribution in [2.45, 2.75) is 35.9 Å². The molecule has 0 bridgehead atoms. The van der Waals surface area contributed by atoms with E-state index >= 15 is 0 Å². The second kappa shape index (κ2) is 12.1. The molecule has 1 unspecified atom stereocenters. The van der Waals surface area contributed by atoms with E-state index < -0.39 is 0 Å². The molecule has 0 spiro atoms. The first-order valence-corrected chi connectivity index (χ1v) is 15.6. The summed E-state index contributed by atoms with van der Waals surface area (Å²) in [5, 5.41) is 6.90. The van der Waals surface area contributed by atoms with Gasteiger partial charge < -0.3 is 9.47 Å². The molecule has 42 heavy (non-hydrogen) atoms. The fraction of sp³-hybridized carbons (Fsp3) is 0.250. The SMILES string of the molecule is COc1ccc(C2=NN(C(=O)CSc3nc4c(c(=O)n3-c3ccc(C)cc3)SCC4)C(c3ccc(OC)cc3)C2)cc1. The van der Waals surface area contributed by atoms with Gasteiger partial charge in [-0.25, -0.2) is 9.99 Å². The van der Waals surface area contributed by atoms with Crippen molar-refractivity contribution in [2.24, 2.45) is 5.10 Å². The van der Waals surface area contributed by atoms with Crippen LogP contribution in [0.15, 0.2) is 92.7 Å². The minimum atomic E-state index is -0.273. The highest BCUT2D eigenvalue weighted by molar-refractivity contribution is 8.00. The fourth-order valence-electron chi connectivity index (χ4n) is 5.09. The van der Waals surface area contributed by atoms with Gasteiger partial charge in [-0.3, -0.25) is 14.2 Å². The van der Waals surface area contributed by atoms with Crippen LogP contribution in [-0.2, 0) is 11.2 Å². The summed E-state index contributed by atoms with van der Waals surface area (Å²) in [5.74, 6) is 2.25. The summed E-state index contributed by atoms with van der Waals surface area (Å²) in [7, 11) is 3.26. The van der Waals surface area contributed by atoms with Crippen molar-refractivity contribution >= 4 is 35.1 Å². The number of benzene rings is 3. The number of nitrogens with zero attached hydrogens (tertiary/aromatic N) is 4. The lowest BCUT2D eigenvalue weighted by molar-refractivity contribution is -0.130. The van der Waals surface area contributed by atoms with Crippen LogP contribution in [0.25, 0.3) is 5.69 Å². The third kappa shape index (κ3) is 5.56. The van der Waals surface area contributed by atoms with Crippen molar-refractivity contribution in [1.82, 2.24) is 14.6 Å². The van der Waals surface area contributed by atoms with Crippen molar-refractivity contribution in [1.29, 1.82) is 0 Å². The molecule has 0 fully saturated rings. The summed E-state index contributed by atoms with van der Waals surface area (Å²) >= 11 is 2.82. The molecular formula is C32H30N4O4S2. The number of hydrogen-bond donors (Lipinski definition) is 0. The van der Waals surface area contributed by atoms with E-state index in [1.165, 1.54) is 11.8 Å². The summed E-state index contributed by atoms with van der Waals surface area (Å²) < 4.78 is 12.3. The van der Waals surface area contributed by atoms with Gasteiger partial charge in [0, 0.05) is 18.6 Å². The molecule has 0 saturated heterocycles. The topological polar surface area (TPSA) is 86.0 Å². The lowest BCUT2D eigenvalue weighted by atomic mass is 9.98. The number of methoxy groups -OCH3 is 2. The van der Waals surface area contributed by atoms with Gasteiger partial charge in [-0.05, 0) is 66.6 Å². The quantitative estimate of drug-likeness (QED) is 0.191. The molecule has 1 aromatic heterocycles. The van der Waals surface area contributed by atoms with Gasteiger partial charge in [-0.15, -0.1) is 11.8 Å². The van der Waals surface area contributed by atoms with Gasteiger partial charge in [0.1, 0.15) is 11.5 Å². The van der Waals surface area contributed by atoms with Crippen LogP contribution in [0.2, 0.25) is 0 Å². The third-order valence-corrected chi connectivity index (χ3v) is 9.40. The van der Waals surface area contributed by atoms with Gasteiger partial charge in [0.05, 0.1) is 48.0 Å². The highest BCUT2D eigenvalue weighted by Gasteiger charge is 2.33. The van der Waals surface area contributed by atoms with Gasteiger partial charge in [0.15, 0.2) is 5.16 Å². The summed E-state index contributed by atoms with van der Waals surface area (Å²) in [6, 6.07) is 22.9. The number of carbonyl (C=O) groups is 1. The first-order valence-electron chi connectivity index (χ1n) is 13.6. The molecule has 6 rings (SSSR count). The van der Waals surface area contributed by atoms with E-state index in [1.807, 2.05) is 79.7 Å². The maximum Gasteiger partial charge on any atom is 0.272 e. The van der Waals surface area contributed by atoms with Crippen molar-refractivity contribution in [3.63, 3.8) is 0 Å². The van der Waals surface area contributed by atoms with Crippen molar-refractivity contribution in [2.75, 3.05) is 25.7 Å². The first-order chi connectivity index (χ1) is 20.4. The molecule has 0 radical (unpaired) electrons. The summed E-state index contributed by atoms with van der Waals surface area (Å²) in [5.41, 5.74) is 5.28. The molecule has 10 heteroatoms. The maximum absolute atomic E-state index is 13.8. The Labute approximate surface area is 252 Å². The van der Waals surface area contributed by atoms with Gasteiger partial charge in [-0.2, -0.15) is 5.10 Å². The molecule has 0 N–H and O–H groups in total. The van der Waals surface area contributed by atoms with Gasteiger partial charge in [-0.1, -0.05) is 41.6 Å². The molecule has 214 valence electrons. The molecule has 0 saturated carbocycles. The van der Waals surface area contributed by atoms with Crippen molar-refractivity contribution < 1.29 is 14.3 Å². The van der Waals surface area contributed by atoms with E-state index in [0.717, 1.165) is 57.5 Å². The Morgan fingerprint density at radius 3 is 2.31 bits per heavy atom. The fourth-order valence-corrected chi connectivity index (χ4v) is 6.99. The molecule has 4 aromatic rings. The average Bonchev–Trinajstić information content (AvgIpc) is 3.69. The lowest BCUT2D eigenvalue weighted by Gasteiger charge is -2.22. The standard InChI is InChI=1S/C32H30N4O4S2/c1-20-4-10-23(11-5-20)35-31(38)30-26(16-17-41-30)33-32(35)42-19-29(37)36-28(22-8-14-25(40-3)15-9-22)18-27(34-36)21-6-12-24(39-2)13-7-21/h4-15,28H,16-19H2,1-3H3. The predicted molar refractivity (Wildman–Crippen MR) is 166 cm³/mol. The number of thioether (sulfide) groups is 2. The van der Waals surface area contributed by atoms with Crippen LogP contribution in [0.1, 0.15) is 34.8 Å². The minimum absolute atomic E-state index is 0.0796. The molecule has 3 aromatic carbocycles. The second-order valence-electron chi connectivity index (χ2n) is 10.0. The molecule has 2 aliphatic rings. The average molecular weight is 599 g/mol. The molecular weight excluding hydrogens is 569 g/mol. The van der Waals surface area contributed by atoms with Crippen LogP contribution in [0, 0.1) is 6.92 Å². The smallest absolute Gasteiger partial charge is 0.272 e. The van der Waals surface area contributed by atoms with E-state index in [0.29, 0.717) is 16.5 Å². The molecule has 0 aliphatic carbocycles. The monoisotopic (exact) mass is 598 g/mol. The predicted octanol–water partition coefficient (Wildman–Crippen LogP) is 5.68. The van der Waals surface area contributed by atoms with Gasteiger partial charge in [0.25, 0.3) is 11.5 Å². The first kappa shape index (κ1) is 28.1. The highest BCUT2D eigenvalue weighted by Crippen LogP contribution is 2.35. The van der Waals surface area contributed by atoms with E-state index in [4.69, 9.17) is 19.6 Å². The molecule has 1 atom stereocenters. The van der Waals surface area contributed by atoms with Gasteiger partial charge >= 0.3 is 0 Å². The molecule has 1 amide bonds. The summed E-state index contributed by atoms with van der Waals surface area (Å²) in [6.07, 6.45) is 1.31. The minimum Gasteiger partial charge on any atom is -0.497 e. The number of carbonyl (C=O) groups excluding carboxylic acids is 1. The zero-order valence-corrected chi connectivity index (χ0v) is 25.2. The van der Waals surface area contributed by atoms with Gasteiger partial charge in [0.2, 0.25) is 0 Å². The van der Waals surface area contributed by atoms with Crippen LogP contribution in [0.3, 0.4) is 0 Å². The zero-order valence-electron chi connectivity index (χ0n) is 23.6. The van der Waals surface area contributed by atoms with E-state index in [-0.39, 0.29) is 23.3 Å². The Morgan fingerprint density at radius 1 is 0.976 bits per heavy atom. The normalized spacial score (nSPS) is 15.8. The van der Waals surface area contributed by atoms with E-state index in [9.17, 15) is 9.59 Å². The molecule has 8 nitrogen and oxygen atoms in total. The van der Waals surface area contributed by atoms with Crippen LogP contribution in [0.4, 0.5) is 0 Å². The van der Waals surface area contributed by atoms with E-state index in [2.05, 4.69) is 0 Å². The van der Waals surface area contributed by atoms with Crippen molar-refractivity contribution in [3.8, 4) is 17.2 Å². The number of amides is 1. The Morgan fingerprint density at radius 2 is 1.64 bits per heavy atom. The summed E-state index contributed by atoms with van der Waals surface area (Å²) in [4.78, 5) is 33.0. The third-order valence-electron chi connectivity index (χ3n) is 7.37. The number of aryl methyl sites for hydroxylation is 2. The molecule has 3 heterocycles. The second-order valence-corrected chi connectivity index (χ2v) is 12.1. The largest absolute Gasteiger partial charge is 0.497 e. The van der Waals surface area contributed by atoms with Crippen LogP contribution in [0.5, 0.6) is 11.5 Å². The zero-order chi connectivity index (χ0) is 29.2. The number of hydrazone groups is 1. The van der Waals surface area contributed by atoms with Crippen molar-refractivity contribution in [3.05, 3.63) is 106 Å². The Hall–Kier alpha value is -4.02. The summed E-state index contributed by atoms with van der Waals surface area (Å²) in [6.45, 7) is 2.01. The Balaban J connectivity index is 1.31. The number of ether oxygens (including phenoxy) is 2. The van der Waals surface area contributed by atoms with E-state index in [1.54, 1.807) is 35.6 Å². The number of rotatable bonds is 8. The maximum atomic E-state index is 13.8. The Kier molecular flexibility index (Phi) is 8.08.